The van der Waals surface area contributed by atoms with E-state index in [1.54, 1.807) is 11.3 Å². The number of nitrogens with two attached hydrogens (primary N) is 1. The molecule has 0 unspecified atom stereocenters. The van der Waals surface area contributed by atoms with Crippen LogP contribution in [-0.4, -0.2) is 16.0 Å². The molecule has 1 aliphatic rings. The second-order valence-electron chi connectivity index (χ2n) is 6.29. The molecule has 0 saturated heterocycles. The number of nitrogens with zero attached hydrogens (tertiary/aromatic N) is 2. The number of hydrogen-bond donors (Lipinski definition) is 2. The minimum Gasteiger partial charge on any atom is -0.454 e. The molecule has 3 aromatic rings. The van der Waals surface area contributed by atoms with Crippen molar-refractivity contribution < 1.29 is 4.42 Å². The van der Waals surface area contributed by atoms with Gasteiger partial charge in [-0.2, -0.15) is 4.98 Å². The number of rotatable bonds is 4. The van der Waals surface area contributed by atoms with E-state index >= 15 is 0 Å². The predicted molar refractivity (Wildman–Crippen MR) is 105 cm³/mol. The van der Waals surface area contributed by atoms with E-state index in [-0.39, 0.29) is 17.2 Å². The second-order valence-corrected chi connectivity index (χ2v) is 8.45. The summed E-state index contributed by atoms with van der Waals surface area (Å²) < 4.78 is 7.04. The molecule has 132 valence electrons. The van der Waals surface area contributed by atoms with Crippen molar-refractivity contribution in [3.63, 3.8) is 0 Å². The van der Waals surface area contributed by atoms with Crippen molar-refractivity contribution in [1.29, 1.82) is 0 Å². The van der Waals surface area contributed by atoms with Crippen molar-refractivity contribution in [2.75, 3.05) is 5.32 Å². The van der Waals surface area contributed by atoms with Crippen LogP contribution in [0.4, 0.5) is 5.82 Å². The first kappa shape index (κ1) is 17.3. The molecule has 4 rings (SSSR count). The van der Waals surface area contributed by atoms with Crippen molar-refractivity contribution in [3.05, 3.63) is 37.9 Å². The molecule has 0 aromatic carbocycles. The second kappa shape index (κ2) is 7.23. The Morgan fingerprint density at radius 2 is 2.20 bits per heavy atom. The number of fused-ring (bicyclic) bond motifs is 1. The molecule has 3 heterocycles. The molecule has 0 spiro atoms. The summed E-state index contributed by atoms with van der Waals surface area (Å²) in [5.74, 6) is 1.67. The van der Waals surface area contributed by atoms with Crippen molar-refractivity contribution in [1.82, 2.24) is 9.97 Å². The summed E-state index contributed by atoms with van der Waals surface area (Å²) in [6, 6.07) is 4.20. The van der Waals surface area contributed by atoms with Crippen molar-refractivity contribution in [2.24, 2.45) is 5.73 Å². The molecule has 0 aliphatic heterocycles. The van der Waals surface area contributed by atoms with Gasteiger partial charge in [0.05, 0.1) is 11.0 Å². The Labute approximate surface area is 163 Å². The van der Waals surface area contributed by atoms with Gasteiger partial charge < -0.3 is 15.5 Å². The van der Waals surface area contributed by atoms with Gasteiger partial charge in [0.1, 0.15) is 11.3 Å². The van der Waals surface area contributed by atoms with Crippen LogP contribution in [0.2, 0.25) is 5.28 Å². The summed E-state index contributed by atoms with van der Waals surface area (Å²) in [6.45, 7) is 0.663. The van der Waals surface area contributed by atoms with Crippen molar-refractivity contribution in [3.8, 4) is 0 Å². The maximum absolute atomic E-state index is 6.34. The maximum atomic E-state index is 6.34. The highest BCUT2D eigenvalue weighted by Gasteiger charge is 2.30. The van der Waals surface area contributed by atoms with Gasteiger partial charge in [0.15, 0.2) is 11.4 Å². The molecule has 2 atom stereocenters. The molecule has 5 nitrogen and oxygen atoms in total. The zero-order valence-electron chi connectivity index (χ0n) is 13.5. The molecule has 25 heavy (non-hydrogen) atoms. The Hall–Kier alpha value is -1.15. The number of nitrogens with one attached hydrogen (secondary N) is 1. The number of hydrogen-bond acceptors (Lipinski definition) is 6. The van der Waals surface area contributed by atoms with E-state index in [1.807, 2.05) is 11.4 Å². The van der Waals surface area contributed by atoms with Gasteiger partial charge in [-0.05, 0) is 51.8 Å². The standard InChI is InChI=1S/C17H18BrClN4OS/c18-12-13-15(24-14(12)10-5-1-2-6-11(10)20)16(23-17(19)22-13)21-8-9-4-3-7-25-9/h3-4,7,10-11H,1-2,5-6,8,20H2,(H,21,22,23)/t10-,11-/m0/s1. The number of furan rings is 1. The lowest BCUT2D eigenvalue weighted by molar-refractivity contribution is 0.340. The molecule has 3 N–H and O–H groups in total. The fourth-order valence-corrected chi connectivity index (χ4v) is 4.82. The lowest BCUT2D eigenvalue weighted by atomic mass is 9.83. The Balaban J connectivity index is 1.72. The van der Waals surface area contributed by atoms with Crippen LogP contribution in [0, 0.1) is 0 Å². The van der Waals surface area contributed by atoms with Crippen LogP contribution in [-0.2, 0) is 6.54 Å². The van der Waals surface area contributed by atoms with Crippen LogP contribution >= 0.6 is 38.9 Å². The molecule has 0 radical (unpaired) electrons. The number of halogens is 2. The average molecular weight is 442 g/mol. The predicted octanol–water partition coefficient (Wildman–Crippen LogP) is 5.30. The van der Waals surface area contributed by atoms with Gasteiger partial charge in [-0.25, -0.2) is 4.98 Å². The van der Waals surface area contributed by atoms with Crippen LogP contribution < -0.4 is 11.1 Å². The zero-order chi connectivity index (χ0) is 17.4. The van der Waals surface area contributed by atoms with E-state index in [0.717, 1.165) is 29.5 Å². The molecular formula is C17H18BrClN4OS. The largest absolute Gasteiger partial charge is 0.454 e. The summed E-state index contributed by atoms with van der Waals surface area (Å²) in [7, 11) is 0. The van der Waals surface area contributed by atoms with E-state index in [2.05, 4.69) is 37.3 Å². The number of aromatic nitrogens is 2. The topological polar surface area (TPSA) is 77.0 Å². The van der Waals surface area contributed by atoms with Gasteiger partial charge in [-0.15, -0.1) is 11.3 Å². The number of anilines is 1. The minimum absolute atomic E-state index is 0.108. The van der Waals surface area contributed by atoms with E-state index < -0.39 is 0 Å². The zero-order valence-corrected chi connectivity index (χ0v) is 16.6. The summed E-state index contributed by atoms with van der Waals surface area (Å²) in [4.78, 5) is 9.89. The normalized spacial score (nSPS) is 20.9. The first-order chi connectivity index (χ1) is 12.1. The maximum Gasteiger partial charge on any atom is 0.225 e. The highest BCUT2D eigenvalue weighted by Crippen LogP contribution is 2.42. The Morgan fingerprint density at radius 3 is 2.96 bits per heavy atom. The van der Waals surface area contributed by atoms with Crippen molar-refractivity contribution in [2.45, 2.75) is 44.2 Å². The van der Waals surface area contributed by atoms with Crippen LogP contribution in [0.1, 0.15) is 42.2 Å². The van der Waals surface area contributed by atoms with Gasteiger partial charge in [0.25, 0.3) is 0 Å². The lowest BCUT2D eigenvalue weighted by Gasteiger charge is -2.27. The summed E-state index contributed by atoms with van der Waals surface area (Å²) in [5, 5.41) is 5.56. The third-order valence-corrected chi connectivity index (χ3v) is 6.45. The highest BCUT2D eigenvalue weighted by atomic mass is 79.9. The van der Waals surface area contributed by atoms with E-state index in [1.165, 1.54) is 11.3 Å². The molecule has 1 aliphatic carbocycles. The molecule has 1 fully saturated rings. The minimum atomic E-state index is 0.108. The Bertz CT molecular complexity index is 883. The number of thiophene rings is 1. The molecule has 0 bridgehead atoms. The monoisotopic (exact) mass is 440 g/mol. The van der Waals surface area contributed by atoms with Crippen molar-refractivity contribution >= 4 is 55.8 Å². The fourth-order valence-electron chi connectivity index (χ4n) is 3.37. The SMILES string of the molecule is N[C@H]1CCCC[C@@H]1c1oc2c(NCc3cccs3)nc(Cl)nc2c1Br. The van der Waals surface area contributed by atoms with E-state index in [0.29, 0.717) is 23.5 Å². The average Bonchev–Trinajstić information content (AvgIpc) is 3.22. The summed E-state index contributed by atoms with van der Waals surface area (Å²) in [6.07, 6.45) is 4.38. The molecule has 8 heteroatoms. The van der Waals surface area contributed by atoms with Gasteiger partial charge in [0, 0.05) is 16.8 Å². The van der Waals surface area contributed by atoms with Crippen LogP contribution in [0.5, 0.6) is 0 Å². The van der Waals surface area contributed by atoms with Gasteiger partial charge >= 0.3 is 0 Å². The first-order valence-corrected chi connectivity index (χ1v) is 10.4. The highest BCUT2D eigenvalue weighted by molar-refractivity contribution is 9.10. The van der Waals surface area contributed by atoms with Crippen LogP contribution in [0.3, 0.4) is 0 Å². The Kier molecular flexibility index (Phi) is 4.99. The first-order valence-electron chi connectivity index (χ1n) is 8.30. The van der Waals surface area contributed by atoms with E-state index in [9.17, 15) is 0 Å². The molecule has 3 aromatic heterocycles. The van der Waals surface area contributed by atoms with Gasteiger partial charge in [-0.3, -0.25) is 0 Å². The van der Waals surface area contributed by atoms with Crippen LogP contribution in [0.15, 0.2) is 26.4 Å². The van der Waals surface area contributed by atoms with Crippen LogP contribution in [0.25, 0.3) is 11.1 Å². The smallest absolute Gasteiger partial charge is 0.225 e. The van der Waals surface area contributed by atoms with Gasteiger partial charge in [0.2, 0.25) is 5.28 Å². The third kappa shape index (κ3) is 3.43. The molecule has 0 amide bonds. The van der Waals surface area contributed by atoms with Gasteiger partial charge in [-0.1, -0.05) is 18.9 Å². The fraction of sp³-hybridized carbons (Fsp3) is 0.412. The molecule has 1 saturated carbocycles. The quantitative estimate of drug-likeness (QED) is 0.537. The lowest BCUT2D eigenvalue weighted by Crippen LogP contribution is -2.31. The Morgan fingerprint density at radius 1 is 1.36 bits per heavy atom. The summed E-state index contributed by atoms with van der Waals surface area (Å²) in [5.41, 5.74) is 7.66. The summed E-state index contributed by atoms with van der Waals surface area (Å²) >= 11 is 11.5. The third-order valence-electron chi connectivity index (χ3n) is 4.64. The van der Waals surface area contributed by atoms with E-state index in [4.69, 9.17) is 21.8 Å². The molecular weight excluding hydrogens is 424 g/mol.